The first kappa shape index (κ1) is 16.9. The number of anilines is 1. The largest absolute Gasteiger partial charge is 0.373 e. The fourth-order valence-corrected chi connectivity index (χ4v) is 4.96. The van der Waals surface area contributed by atoms with Crippen molar-refractivity contribution < 1.29 is 8.42 Å². The van der Waals surface area contributed by atoms with Crippen LogP contribution in [0.1, 0.15) is 30.0 Å². The van der Waals surface area contributed by atoms with Gasteiger partial charge in [0.1, 0.15) is 10.7 Å². The highest BCUT2D eigenvalue weighted by molar-refractivity contribution is 7.89. The molecule has 130 valence electrons. The standard InChI is InChI=1S/C16H23N5O2S/c1-12-15(11-20(3)19-12)24(22,23)21-8-4-5-14(10-21)13-6-7-18-16(9-13)17-2/h6-7,9,11,14H,4-5,8,10H2,1-3H3,(H,17,18)/t14-/m0/s1. The molecule has 0 aliphatic carbocycles. The van der Waals surface area contributed by atoms with Gasteiger partial charge in [-0.25, -0.2) is 13.4 Å². The molecule has 0 amide bonds. The van der Waals surface area contributed by atoms with Crippen molar-refractivity contribution in [3.63, 3.8) is 0 Å². The number of aromatic nitrogens is 3. The van der Waals surface area contributed by atoms with E-state index in [2.05, 4.69) is 15.4 Å². The molecule has 1 atom stereocenters. The maximum atomic E-state index is 13.0. The number of aryl methyl sites for hydroxylation is 2. The summed E-state index contributed by atoms with van der Waals surface area (Å²) in [5.41, 5.74) is 1.66. The van der Waals surface area contributed by atoms with Gasteiger partial charge in [0.25, 0.3) is 0 Å². The molecule has 2 aromatic rings. The summed E-state index contributed by atoms with van der Waals surface area (Å²) < 4.78 is 29.1. The van der Waals surface area contributed by atoms with Gasteiger partial charge in [-0.2, -0.15) is 9.40 Å². The van der Waals surface area contributed by atoms with Crippen LogP contribution in [0.4, 0.5) is 5.82 Å². The predicted molar refractivity (Wildman–Crippen MR) is 92.5 cm³/mol. The van der Waals surface area contributed by atoms with Gasteiger partial charge in [0, 0.05) is 39.6 Å². The Kier molecular flexibility index (Phi) is 4.60. The van der Waals surface area contributed by atoms with Crippen LogP contribution in [0.3, 0.4) is 0 Å². The molecular weight excluding hydrogens is 326 g/mol. The Morgan fingerprint density at radius 1 is 1.38 bits per heavy atom. The Balaban J connectivity index is 1.86. The van der Waals surface area contributed by atoms with E-state index in [9.17, 15) is 8.42 Å². The van der Waals surface area contributed by atoms with Gasteiger partial charge in [-0.3, -0.25) is 4.68 Å². The normalized spacial score (nSPS) is 19.4. The van der Waals surface area contributed by atoms with E-state index < -0.39 is 10.0 Å². The Bertz CT molecular complexity index is 831. The van der Waals surface area contributed by atoms with Gasteiger partial charge in [0.05, 0.1) is 5.69 Å². The van der Waals surface area contributed by atoms with Gasteiger partial charge >= 0.3 is 0 Å². The minimum absolute atomic E-state index is 0.181. The second kappa shape index (κ2) is 6.52. The first-order valence-corrected chi connectivity index (χ1v) is 9.50. The van der Waals surface area contributed by atoms with Crippen molar-refractivity contribution in [3.8, 4) is 0 Å². The summed E-state index contributed by atoms with van der Waals surface area (Å²) in [6.07, 6.45) is 5.17. The van der Waals surface area contributed by atoms with E-state index in [1.54, 1.807) is 35.4 Å². The van der Waals surface area contributed by atoms with E-state index in [1.807, 2.05) is 19.2 Å². The molecule has 0 radical (unpaired) electrons. The van der Waals surface area contributed by atoms with Crippen molar-refractivity contribution in [3.05, 3.63) is 35.8 Å². The Labute approximate surface area is 142 Å². The zero-order valence-corrected chi connectivity index (χ0v) is 15.0. The number of hydrogen-bond acceptors (Lipinski definition) is 5. The average Bonchev–Trinajstić information content (AvgIpc) is 2.94. The summed E-state index contributed by atoms with van der Waals surface area (Å²) in [4.78, 5) is 4.53. The molecule has 8 heteroatoms. The van der Waals surface area contributed by atoms with Crippen LogP contribution in [-0.2, 0) is 17.1 Å². The van der Waals surface area contributed by atoms with Crippen molar-refractivity contribution >= 4 is 15.8 Å². The van der Waals surface area contributed by atoms with Gasteiger partial charge in [0.15, 0.2) is 0 Å². The van der Waals surface area contributed by atoms with Crippen LogP contribution in [0.5, 0.6) is 0 Å². The number of piperidine rings is 1. The SMILES string of the molecule is CNc1cc([C@H]2CCCN(S(=O)(=O)c3cn(C)nc3C)C2)ccn1. The lowest BCUT2D eigenvalue weighted by Crippen LogP contribution is -2.39. The van der Waals surface area contributed by atoms with Gasteiger partial charge < -0.3 is 5.32 Å². The lowest BCUT2D eigenvalue weighted by Gasteiger charge is -2.32. The number of hydrogen-bond donors (Lipinski definition) is 1. The molecule has 2 aromatic heterocycles. The van der Waals surface area contributed by atoms with Crippen LogP contribution in [0.2, 0.25) is 0 Å². The second-order valence-electron chi connectivity index (χ2n) is 6.18. The molecule has 0 saturated carbocycles. The zero-order valence-electron chi connectivity index (χ0n) is 14.2. The summed E-state index contributed by atoms with van der Waals surface area (Å²) >= 11 is 0. The van der Waals surface area contributed by atoms with Crippen molar-refractivity contribution in [2.75, 3.05) is 25.5 Å². The number of rotatable bonds is 4. The lowest BCUT2D eigenvalue weighted by molar-refractivity contribution is 0.315. The third kappa shape index (κ3) is 3.16. The fraction of sp³-hybridized carbons (Fsp3) is 0.500. The summed E-state index contributed by atoms with van der Waals surface area (Å²) in [5.74, 6) is 0.983. The number of sulfonamides is 1. The highest BCUT2D eigenvalue weighted by atomic mass is 32.2. The molecule has 3 heterocycles. The number of pyridine rings is 1. The Hall–Kier alpha value is -1.93. The van der Waals surface area contributed by atoms with E-state index in [1.165, 1.54) is 0 Å². The van der Waals surface area contributed by atoms with E-state index >= 15 is 0 Å². The summed E-state index contributed by atoms with van der Waals surface area (Å²) in [6.45, 7) is 2.78. The van der Waals surface area contributed by atoms with Crippen molar-refractivity contribution in [2.24, 2.45) is 7.05 Å². The van der Waals surface area contributed by atoms with E-state index in [0.29, 0.717) is 23.7 Å². The average molecular weight is 349 g/mol. The van der Waals surface area contributed by atoms with Gasteiger partial charge in [-0.15, -0.1) is 0 Å². The minimum Gasteiger partial charge on any atom is -0.373 e. The third-order valence-electron chi connectivity index (χ3n) is 4.48. The highest BCUT2D eigenvalue weighted by Gasteiger charge is 2.33. The van der Waals surface area contributed by atoms with Crippen LogP contribution >= 0.6 is 0 Å². The van der Waals surface area contributed by atoms with E-state index in [0.717, 1.165) is 24.2 Å². The van der Waals surface area contributed by atoms with Crippen LogP contribution < -0.4 is 5.32 Å². The Morgan fingerprint density at radius 2 is 2.17 bits per heavy atom. The summed E-state index contributed by atoms with van der Waals surface area (Å²) in [5, 5.41) is 7.20. The topological polar surface area (TPSA) is 80.1 Å². The fourth-order valence-electron chi connectivity index (χ4n) is 3.24. The summed E-state index contributed by atoms with van der Waals surface area (Å²) in [7, 11) is 0.0560. The minimum atomic E-state index is -3.51. The quantitative estimate of drug-likeness (QED) is 0.909. The highest BCUT2D eigenvalue weighted by Crippen LogP contribution is 2.31. The van der Waals surface area contributed by atoms with E-state index in [-0.39, 0.29) is 5.92 Å². The van der Waals surface area contributed by atoms with Crippen molar-refractivity contribution in [2.45, 2.75) is 30.6 Å². The van der Waals surface area contributed by atoms with Crippen LogP contribution in [0.25, 0.3) is 0 Å². The molecule has 7 nitrogen and oxygen atoms in total. The van der Waals surface area contributed by atoms with Crippen molar-refractivity contribution in [1.82, 2.24) is 19.1 Å². The summed E-state index contributed by atoms with van der Waals surface area (Å²) in [6, 6.07) is 3.97. The zero-order chi connectivity index (χ0) is 17.3. The van der Waals surface area contributed by atoms with Crippen LogP contribution in [0.15, 0.2) is 29.4 Å². The van der Waals surface area contributed by atoms with Crippen LogP contribution in [0, 0.1) is 6.92 Å². The molecule has 0 bridgehead atoms. The molecule has 0 spiro atoms. The van der Waals surface area contributed by atoms with Gasteiger partial charge in [-0.1, -0.05) is 0 Å². The molecule has 3 rings (SSSR count). The maximum Gasteiger partial charge on any atom is 0.246 e. The molecule has 1 saturated heterocycles. The molecule has 24 heavy (non-hydrogen) atoms. The number of nitrogens with one attached hydrogen (secondary N) is 1. The van der Waals surface area contributed by atoms with Crippen molar-refractivity contribution in [1.29, 1.82) is 0 Å². The molecule has 1 N–H and O–H groups in total. The smallest absolute Gasteiger partial charge is 0.246 e. The van der Waals surface area contributed by atoms with E-state index in [4.69, 9.17) is 0 Å². The molecule has 1 aliphatic rings. The molecular formula is C16H23N5O2S. The lowest BCUT2D eigenvalue weighted by atomic mass is 9.92. The first-order valence-electron chi connectivity index (χ1n) is 8.06. The molecule has 1 fully saturated rings. The molecule has 0 unspecified atom stereocenters. The second-order valence-corrected chi connectivity index (χ2v) is 8.09. The van der Waals surface area contributed by atoms with Crippen LogP contribution in [-0.4, -0.2) is 47.6 Å². The Morgan fingerprint density at radius 3 is 2.83 bits per heavy atom. The number of nitrogens with zero attached hydrogens (tertiary/aromatic N) is 4. The maximum absolute atomic E-state index is 13.0. The monoisotopic (exact) mass is 349 g/mol. The van der Waals surface area contributed by atoms with Gasteiger partial charge in [0.2, 0.25) is 10.0 Å². The molecule has 0 aromatic carbocycles. The first-order chi connectivity index (χ1) is 11.4. The predicted octanol–water partition coefficient (Wildman–Crippen LogP) is 1.73. The third-order valence-corrected chi connectivity index (χ3v) is 6.45. The molecule has 1 aliphatic heterocycles. The van der Waals surface area contributed by atoms with Gasteiger partial charge in [-0.05, 0) is 43.4 Å².